The minimum absolute atomic E-state index is 0.115. The first-order valence-corrected chi connectivity index (χ1v) is 36.2. The van der Waals surface area contributed by atoms with Gasteiger partial charge in [-0.3, -0.25) is 0 Å². The van der Waals surface area contributed by atoms with Gasteiger partial charge in [-0.2, -0.15) is 0 Å². The van der Waals surface area contributed by atoms with Gasteiger partial charge in [0, 0.05) is 55.5 Å². The second-order valence-electron chi connectivity index (χ2n) is 32.5. The first-order chi connectivity index (χ1) is 47.9. The standard InChI is InChI=1S/C98H84N2/c1-54-24-36-85(57(4)40-54)99(67-32-34-69-73-49-80-75(50-79(73)96(10,11)78(69)48-67)93-71-23-19-18-22-70(71)89(53-84(93)98(80,14)15)100(87-37-25-55(2)41-58(87)5)88-38-26-56(3)42-59(88)6)86-39-27-61(43-60(86)7)44-62-45-64-28-29-66-47-83-94(72-33-30-65(46-62)90(64)91(66)72)76-52-81-74(51-82(76)97(83,12)13)92-68-21-17-16-20-63(68)31-35-77(92)95(81,8)9/h16-43,45-53H,44H2,1-15H3. The van der Waals surface area contributed by atoms with Crippen molar-refractivity contribution in [2.24, 2.45) is 0 Å². The fourth-order valence-electron chi connectivity index (χ4n) is 19.6. The zero-order valence-electron chi connectivity index (χ0n) is 60.5. The van der Waals surface area contributed by atoms with Crippen molar-refractivity contribution in [1.29, 1.82) is 0 Å². The van der Waals surface area contributed by atoms with Crippen molar-refractivity contribution in [3.63, 3.8) is 0 Å². The van der Waals surface area contributed by atoms with E-state index in [9.17, 15) is 0 Å². The quantitative estimate of drug-likeness (QED) is 0.140. The lowest BCUT2D eigenvalue weighted by atomic mass is 9.79. The molecule has 0 N–H and O–H groups in total. The maximum Gasteiger partial charge on any atom is 0.0543 e. The van der Waals surface area contributed by atoms with E-state index in [4.69, 9.17) is 0 Å². The summed E-state index contributed by atoms with van der Waals surface area (Å²) >= 11 is 0. The lowest BCUT2D eigenvalue weighted by Gasteiger charge is -2.32. The molecular weight excluding hydrogens is 1210 g/mol. The lowest BCUT2D eigenvalue weighted by Crippen LogP contribution is -2.18. The maximum absolute atomic E-state index is 2.59. The van der Waals surface area contributed by atoms with E-state index in [0.29, 0.717) is 0 Å². The molecule has 0 heterocycles. The molecule has 15 aromatic rings. The first-order valence-electron chi connectivity index (χ1n) is 36.2. The molecule has 0 aliphatic heterocycles. The van der Waals surface area contributed by atoms with Gasteiger partial charge in [-0.15, -0.1) is 0 Å². The number of aryl methyl sites for hydroxylation is 7. The van der Waals surface area contributed by atoms with Crippen LogP contribution in [0, 0.1) is 48.5 Å². The van der Waals surface area contributed by atoms with Crippen molar-refractivity contribution in [3.05, 3.63) is 319 Å². The van der Waals surface area contributed by atoms with Crippen LogP contribution in [0.25, 0.3) is 98.4 Å². The predicted molar refractivity (Wildman–Crippen MR) is 427 cm³/mol. The molecule has 2 heteroatoms. The van der Waals surface area contributed by atoms with E-state index in [2.05, 4.69) is 338 Å². The highest BCUT2D eigenvalue weighted by atomic mass is 15.2. The highest BCUT2D eigenvalue weighted by Crippen LogP contribution is 2.62. The summed E-state index contributed by atoms with van der Waals surface area (Å²) in [5, 5.41) is 13.3. The van der Waals surface area contributed by atoms with Gasteiger partial charge in [-0.1, -0.05) is 224 Å². The van der Waals surface area contributed by atoms with Gasteiger partial charge in [-0.25, -0.2) is 0 Å². The molecule has 486 valence electrons. The Kier molecular flexibility index (Phi) is 12.6. The van der Waals surface area contributed by atoms with Crippen molar-refractivity contribution in [2.45, 2.75) is 132 Å². The molecule has 15 aromatic carbocycles. The summed E-state index contributed by atoms with van der Waals surface area (Å²) in [7, 11) is 0. The summed E-state index contributed by atoms with van der Waals surface area (Å²) in [6, 6.07) is 88.2. The summed E-state index contributed by atoms with van der Waals surface area (Å²) in [6.07, 6.45) is 0.836. The SMILES string of the molecule is Cc1ccc(N(c2ccc3c(c2)C(C)(C)c2cc4c(cc2-3)C(C)(C)c2cc(N(c3ccc(C)cc3C)c3ccc(C)cc3C)c3ccccc3c2-4)c2ccc(Cc3cc4ccc5cc6c(c7ccc(c3)c4c57)-c3cc4c(cc3C6(C)C)-c3c(ccc5ccccc35)C4(C)C)cc2C)c(C)c1. The largest absolute Gasteiger partial charge is 0.310 e. The molecule has 0 fully saturated rings. The van der Waals surface area contributed by atoms with Crippen LogP contribution in [-0.2, 0) is 28.1 Å². The second-order valence-corrected chi connectivity index (χ2v) is 32.5. The molecule has 2 nitrogen and oxygen atoms in total. The van der Waals surface area contributed by atoms with E-state index in [0.717, 1.165) is 6.42 Å². The maximum atomic E-state index is 2.59. The molecule has 0 amide bonds. The van der Waals surface area contributed by atoms with Gasteiger partial charge in [0.05, 0.1) is 5.69 Å². The lowest BCUT2D eigenvalue weighted by molar-refractivity contribution is 0.652. The van der Waals surface area contributed by atoms with Crippen LogP contribution >= 0.6 is 0 Å². The zero-order valence-corrected chi connectivity index (χ0v) is 60.5. The minimum Gasteiger partial charge on any atom is -0.310 e. The van der Waals surface area contributed by atoms with Crippen LogP contribution in [0.5, 0.6) is 0 Å². The van der Waals surface area contributed by atoms with E-state index in [-0.39, 0.29) is 21.7 Å². The fourth-order valence-corrected chi connectivity index (χ4v) is 19.6. The molecule has 19 rings (SSSR count). The van der Waals surface area contributed by atoms with Gasteiger partial charge < -0.3 is 9.80 Å². The summed E-state index contributed by atoms with van der Waals surface area (Å²) < 4.78 is 0. The van der Waals surface area contributed by atoms with E-state index in [1.807, 2.05) is 0 Å². The van der Waals surface area contributed by atoms with E-state index in [1.54, 1.807) is 0 Å². The van der Waals surface area contributed by atoms with Gasteiger partial charge in [0.1, 0.15) is 0 Å². The molecular formula is C98H84N2. The van der Waals surface area contributed by atoms with Crippen molar-refractivity contribution in [2.75, 3.05) is 9.80 Å². The number of nitrogens with zero attached hydrogens (tertiary/aromatic N) is 2. The third kappa shape index (κ3) is 8.37. The predicted octanol–water partition coefficient (Wildman–Crippen LogP) is 26.8. The zero-order chi connectivity index (χ0) is 68.7. The van der Waals surface area contributed by atoms with Gasteiger partial charge in [0.25, 0.3) is 0 Å². The Balaban J connectivity index is 0.670. The fraction of sp³-hybridized carbons (Fsp3) is 0.204. The van der Waals surface area contributed by atoms with Gasteiger partial charge in [-0.05, 0) is 299 Å². The monoisotopic (exact) mass is 1290 g/mol. The first kappa shape index (κ1) is 60.6. The van der Waals surface area contributed by atoms with Crippen LogP contribution in [0.3, 0.4) is 0 Å². The Labute approximate surface area is 589 Å². The average Bonchev–Trinajstić information content (AvgIpc) is 1.51. The highest BCUT2D eigenvalue weighted by Gasteiger charge is 2.46. The van der Waals surface area contributed by atoms with Gasteiger partial charge in [0.2, 0.25) is 0 Å². The number of anilines is 6. The molecule has 0 aromatic heterocycles. The number of hydrogen-bond donors (Lipinski definition) is 0. The van der Waals surface area contributed by atoms with Crippen LogP contribution in [0.1, 0.15) is 150 Å². The Morgan fingerprint density at radius 2 is 0.690 bits per heavy atom. The van der Waals surface area contributed by atoms with Crippen molar-refractivity contribution in [1.82, 2.24) is 0 Å². The summed E-state index contributed by atoms with van der Waals surface area (Å²) in [6.45, 7) is 35.3. The summed E-state index contributed by atoms with van der Waals surface area (Å²) in [5.74, 6) is 0. The number of rotatable bonds is 8. The van der Waals surface area contributed by atoms with Crippen LogP contribution in [0.2, 0.25) is 0 Å². The third-order valence-electron chi connectivity index (χ3n) is 24.7. The van der Waals surface area contributed by atoms with Gasteiger partial charge >= 0.3 is 0 Å². The van der Waals surface area contributed by atoms with Crippen molar-refractivity contribution in [3.8, 4) is 44.5 Å². The van der Waals surface area contributed by atoms with Crippen LogP contribution in [-0.4, -0.2) is 0 Å². The molecule has 0 bridgehead atoms. The van der Waals surface area contributed by atoms with Crippen molar-refractivity contribution < 1.29 is 0 Å². The number of benzene rings is 15. The number of hydrogen-bond acceptors (Lipinski definition) is 2. The molecule has 0 saturated heterocycles. The molecule has 100 heavy (non-hydrogen) atoms. The molecule has 0 radical (unpaired) electrons. The Hall–Kier alpha value is -10.5. The Bertz CT molecular complexity index is 6090. The Morgan fingerprint density at radius 1 is 0.250 bits per heavy atom. The molecule has 4 aliphatic carbocycles. The van der Waals surface area contributed by atoms with Crippen LogP contribution in [0.15, 0.2) is 224 Å². The molecule has 0 spiro atoms. The van der Waals surface area contributed by atoms with Crippen molar-refractivity contribution >= 4 is 88.0 Å². The van der Waals surface area contributed by atoms with Crippen LogP contribution < -0.4 is 9.80 Å². The topological polar surface area (TPSA) is 6.48 Å². The number of fused-ring (bicyclic) bond motifs is 17. The average molecular weight is 1290 g/mol. The highest BCUT2D eigenvalue weighted by molar-refractivity contribution is 6.27. The molecule has 0 saturated carbocycles. The Morgan fingerprint density at radius 3 is 1.28 bits per heavy atom. The molecule has 0 atom stereocenters. The second kappa shape index (κ2) is 20.8. The van der Waals surface area contributed by atoms with E-state index in [1.165, 1.54) is 227 Å². The summed E-state index contributed by atoms with van der Waals surface area (Å²) in [5.41, 5.74) is 40.1. The normalized spacial score (nSPS) is 15.1. The third-order valence-corrected chi connectivity index (χ3v) is 24.7. The minimum atomic E-state index is -0.278. The summed E-state index contributed by atoms with van der Waals surface area (Å²) in [4.78, 5) is 5.08. The smallest absolute Gasteiger partial charge is 0.0543 e. The molecule has 0 unspecified atom stereocenters. The van der Waals surface area contributed by atoms with Crippen LogP contribution in [0.4, 0.5) is 34.1 Å². The van der Waals surface area contributed by atoms with E-state index < -0.39 is 0 Å². The van der Waals surface area contributed by atoms with Gasteiger partial charge in [0.15, 0.2) is 0 Å². The molecule has 4 aliphatic rings. The van der Waals surface area contributed by atoms with E-state index >= 15 is 0 Å².